The molecular formula is C15H17ClFN3. The van der Waals surface area contributed by atoms with Gasteiger partial charge in [0.1, 0.15) is 5.82 Å². The lowest BCUT2D eigenvalue weighted by Gasteiger charge is -2.16. The van der Waals surface area contributed by atoms with Crippen molar-refractivity contribution in [3.63, 3.8) is 0 Å². The lowest BCUT2D eigenvalue weighted by molar-refractivity contribution is 0.591. The molecule has 0 aliphatic rings. The summed E-state index contributed by atoms with van der Waals surface area (Å²) in [5.74, 6) is -0.401. The molecule has 2 aromatic rings. The van der Waals surface area contributed by atoms with E-state index in [0.717, 1.165) is 23.4 Å². The van der Waals surface area contributed by atoms with E-state index in [4.69, 9.17) is 17.3 Å². The predicted octanol–water partition coefficient (Wildman–Crippen LogP) is 3.38. The molecule has 1 aromatic heterocycles. The number of hydrogen-bond acceptors (Lipinski definition) is 3. The minimum atomic E-state index is -0.401. The van der Waals surface area contributed by atoms with Crippen molar-refractivity contribution in [3.8, 4) is 0 Å². The molecule has 0 aliphatic carbocycles. The van der Waals surface area contributed by atoms with Gasteiger partial charge in [0.25, 0.3) is 0 Å². The molecule has 0 saturated carbocycles. The largest absolute Gasteiger partial charge is 0.324 e. The van der Waals surface area contributed by atoms with Crippen molar-refractivity contribution >= 4 is 11.6 Å². The summed E-state index contributed by atoms with van der Waals surface area (Å²) in [7, 11) is 0. The van der Waals surface area contributed by atoms with Crippen LogP contribution in [0.2, 0.25) is 5.02 Å². The van der Waals surface area contributed by atoms with Crippen LogP contribution in [0.4, 0.5) is 4.39 Å². The molecule has 1 atom stereocenters. The smallest absolute Gasteiger partial charge is 0.145 e. The third kappa shape index (κ3) is 3.14. The second kappa shape index (κ2) is 6.29. The number of benzene rings is 1. The standard InChI is InChI=1S/C15H17ClFN3/c1-3-14-11(7-9(2)19-20-14)13(18)8-10-5-4-6-12(16)15(10)17/h4-7,13H,3,8,18H2,1-2H3. The lowest BCUT2D eigenvalue weighted by atomic mass is 9.97. The highest BCUT2D eigenvalue weighted by Gasteiger charge is 2.16. The third-order valence-corrected chi connectivity index (χ3v) is 3.52. The van der Waals surface area contributed by atoms with Crippen molar-refractivity contribution in [1.29, 1.82) is 0 Å². The molecule has 5 heteroatoms. The number of aromatic nitrogens is 2. The number of aryl methyl sites for hydroxylation is 2. The Morgan fingerprint density at radius 1 is 1.35 bits per heavy atom. The topological polar surface area (TPSA) is 51.8 Å². The Hall–Kier alpha value is -1.52. The number of rotatable bonds is 4. The maximum absolute atomic E-state index is 13.9. The Balaban J connectivity index is 2.30. The predicted molar refractivity (Wildman–Crippen MR) is 78.2 cm³/mol. The van der Waals surface area contributed by atoms with Crippen LogP contribution in [0.1, 0.15) is 35.5 Å². The van der Waals surface area contributed by atoms with Gasteiger partial charge in [-0.05, 0) is 43.0 Å². The van der Waals surface area contributed by atoms with Crippen LogP contribution in [0.15, 0.2) is 24.3 Å². The summed E-state index contributed by atoms with van der Waals surface area (Å²) in [5.41, 5.74) is 9.30. The van der Waals surface area contributed by atoms with Gasteiger partial charge in [-0.1, -0.05) is 30.7 Å². The zero-order valence-corrected chi connectivity index (χ0v) is 12.3. The lowest BCUT2D eigenvalue weighted by Crippen LogP contribution is -2.17. The van der Waals surface area contributed by atoms with Crippen LogP contribution >= 0.6 is 11.6 Å². The molecule has 0 spiro atoms. The van der Waals surface area contributed by atoms with Crippen LogP contribution in [0.25, 0.3) is 0 Å². The summed E-state index contributed by atoms with van der Waals surface area (Å²) >= 11 is 5.79. The zero-order chi connectivity index (χ0) is 14.7. The van der Waals surface area contributed by atoms with E-state index in [-0.39, 0.29) is 11.1 Å². The van der Waals surface area contributed by atoms with Gasteiger partial charge >= 0.3 is 0 Å². The first-order chi connectivity index (χ1) is 9.52. The summed E-state index contributed by atoms with van der Waals surface area (Å²) < 4.78 is 13.9. The first-order valence-electron chi connectivity index (χ1n) is 6.54. The maximum Gasteiger partial charge on any atom is 0.145 e. The number of hydrogen-bond donors (Lipinski definition) is 1. The fourth-order valence-electron chi connectivity index (χ4n) is 2.18. The molecule has 0 fully saturated rings. The normalized spacial score (nSPS) is 12.4. The van der Waals surface area contributed by atoms with Crippen LogP contribution in [0.5, 0.6) is 0 Å². The van der Waals surface area contributed by atoms with E-state index in [1.54, 1.807) is 12.1 Å². The molecule has 0 radical (unpaired) electrons. The molecule has 1 aromatic carbocycles. The minimum Gasteiger partial charge on any atom is -0.324 e. The summed E-state index contributed by atoms with van der Waals surface area (Å²) in [6.45, 7) is 3.86. The van der Waals surface area contributed by atoms with Crippen molar-refractivity contribution in [2.75, 3.05) is 0 Å². The Kier molecular flexibility index (Phi) is 4.68. The second-order valence-corrected chi connectivity index (χ2v) is 5.17. The van der Waals surface area contributed by atoms with E-state index in [1.807, 2.05) is 19.9 Å². The quantitative estimate of drug-likeness (QED) is 0.940. The van der Waals surface area contributed by atoms with E-state index >= 15 is 0 Å². The van der Waals surface area contributed by atoms with E-state index in [9.17, 15) is 4.39 Å². The molecule has 2 N–H and O–H groups in total. The molecule has 2 rings (SSSR count). The molecule has 3 nitrogen and oxygen atoms in total. The van der Waals surface area contributed by atoms with Crippen molar-refractivity contribution in [1.82, 2.24) is 10.2 Å². The van der Waals surface area contributed by atoms with Gasteiger partial charge in [-0.3, -0.25) is 0 Å². The van der Waals surface area contributed by atoms with Crippen LogP contribution in [0.3, 0.4) is 0 Å². The summed E-state index contributed by atoms with van der Waals surface area (Å²) in [5, 5.41) is 8.30. The van der Waals surface area contributed by atoms with Crippen LogP contribution in [0, 0.1) is 12.7 Å². The first kappa shape index (κ1) is 14.9. The Bertz CT molecular complexity index is 616. The van der Waals surface area contributed by atoms with Crippen molar-refractivity contribution in [3.05, 3.63) is 57.6 Å². The molecule has 0 aliphatic heterocycles. The Morgan fingerprint density at radius 3 is 2.80 bits per heavy atom. The van der Waals surface area contributed by atoms with E-state index in [2.05, 4.69) is 10.2 Å². The average molecular weight is 294 g/mol. The fraction of sp³-hybridized carbons (Fsp3) is 0.333. The molecule has 0 amide bonds. The molecule has 20 heavy (non-hydrogen) atoms. The van der Waals surface area contributed by atoms with Gasteiger partial charge in [0.05, 0.1) is 16.4 Å². The van der Waals surface area contributed by atoms with Crippen molar-refractivity contribution < 1.29 is 4.39 Å². The maximum atomic E-state index is 13.9. The number of halogens is 2. The van der Waals surface area contributed by atoms with Gasteiger partial charge in [0.2, 0.25) is 0 Å². The van der Waals surface area contributed by atoms with Crippen LogP contribution < -0.4 is 5.73 Å². The summed E-state index contributed by atoms with van der Waals surface area (Å²) in [6, 6.07) is 6.55. The second-order valence-electron chi connectivity index (χ2n) is 4.76. The van der Waals surface area contributed by atoms with Gasteiger partial charge in [-0.2, -0.15) is 10.2 Å². The van der Waals surface area contributed by atoms with Crippen LogP contribution in [-0.2, 0) is 12.8 Å². The van der Waals surface area contributed by atoms with Gasteiger partial charge < -0.3 is 5.73 Å². The van der Waals surface area contributed by atoms with Crippen molar-refractivity contribution in [2.24, 2.45) is 5.73 Å². The molecule has 1 heterocycles. The SMILES string of the molecule is CCc1nnc(C)cc1C(N)Cc1cccc(Cl)c1F. The third-order valence-electron chi connectivity index (χ3n) is 3.23. The summed E-state index contributed by atoms with van der Waals surface area (Å²) in [6.07, 6.45) is 1.12. The average Bonchev–Trinajstić information content (AvgIpc) is 2.43. The van der Waals surface area contributed by atoms with Gasteiger partial charge in [-0.15, -0.1) is 0 Å². The molecule has 0 bridgehead atoms. The molecule has 0 saturated heterocycles. The highest BCUT2D eigenvalue weighted by atomic mass is 35.5. The number of nitrogens with two attached hydrogens (primary N) is 1. The van der Waals surface area contributed by atoms with Crippen LogP contribution in [-0.4, -0.2) is 10.2 Å². The highest BCUT2D eigenvalue weighted by Crippen LogP contribution is 2.24. The van der Waals surface area contributed by atoms with Gasteiger partial charge in [-0.25, -0.2) is 4.39 Å². The van der Waals surface area contributed by atoms with Gasteiger partial charge in [0, 0.05) is 6.04 Å². The first-order valence-corrected chi connectivity index (χ1v) is 6.92. The molecule has 106 valence electrons. The highest BCUT2D eigenvalue weighted by molar-refractivity contribution is 6.30. The molecular weight excluding hydrogens is 277 g/mol. The Labute approximate surface area is 123 Å². The van der Waals surface area contributed by atoms with E-state index in [1.165, 1.54) is 6.07 Å². The van der Waals surface area contributed by atoms with E-state index < -0.39 is 5.82 Å². The summed E-state index contributed by atoms with van der Waals surface area (Å²) in [4.78, 5) is 0. The van der Waals surface area contributed by atoms with E-state index in [0.29, 0.717) is 12.0 Å². The zero-order valence-electron chi connectivity index (χ0n) is 11.5. The van der Waals surface area contributed by atoms with Gasteiger partial charge in [0.15, 0.2) is 0 Å². The fourth-order valence-corrected chi connectivity index (χ4v) is 2.38. The Morgan fingerprint density at radius 2 is 2.10 bits per heavy atom. The number of nitrogens with zero attached hydrogens (tertiary/aromatic N) is 2. The van der Waals surface area contributed by atoms with Crippen molar-refractivity contribution in [2.45, 2.75) is 32.7 Å². The monoisotopic (exact) mass is 293 g/mol. The molecule has 1 unspecified atom stereocenters. The minimum absolute atomic E-state index is 0.120.